The zero-order valence-electron chi connectivity index (χ0n) is 18.7. The van der Waals surface area contributed by atoms with Gasteiger partial charge in [0.05, 0.1) is 0 Å². The molecule has 0 spiro atoms. The van der Waals surface area contributed by atoms with E-state index >= 15 is 0 Å². The van der Waals surface area contributed by atoms with Crippen LogP contribution in [0.3, 0.4) is 0 Å². The van der Waals surface area contributed by atoms with E-state index < -0.39 is 50.6 Å². The average molecular weight is 544 g/mol. The number of carbonyl (C=O) groups is 3. The molecule has 0 aromatic heterocycles. The SMILES string of the molecule is [3H][I-]SC(=O)[C@H](CC(=O)O)OC(=O)CCCCCCC/C=C/CCCCCCCC. The van der Waals surface area contributed by atoms with Gasteiger partial charge in [-0.1, -0.05) is 51.2 Å². The Kier molecular flexibility index (Phi) is 18.9. The summed E-state index contributed by atoms with van der Waals surface area (Å²) in [5.41, 5.74) is 0. The van der Waals surface area contributed by atoms with E-state index in [0.29, 0.717) is 6.42 Å². The molecule has 0 amide bonds. The molecular formula is C22H38IO5S-. The van der Waals surface area contributed by atoms with Crippen LogP contribution in [0.4, 0.5) is 0 Å². The summed E-state index contributed by atoms with van der Waals surface area (Å²) in [5.74, 6) is -1.72. The van der Waals surface area contributed by atoms with Gasteiger partial charge in [0.1, 0.15) is 0 Å². The van der Waals surface area contributed by atoms with Crippen molar-refractivity contribution >= 4 is 26.0 Å². The van der Waals surface area contributed by atoms with Gasteiger partial charge >= 0.3 is 129 Å². The first-order valence-corrected chi connectivity index (χ1v) is 14.3. The van der Waals surface area contributed by atoms with Gasteiger partial charge < -0.3 is 0 Å². The van der Waals surface area contributed by atoms with Gasteiger partial charge in [0, 0.05) is 0 Å². The van der Waals surface area contributed by atoms with Crippen LogP contribution in [0.2, 0.25) is 0 Å². The first-order valence-electron chi connectivity index (χ1n) is 11.3. The maximum atomic E-state index is 11.9. The monoisotopic (exact) mass is 543 g/mol. The van der Waals surface area contributed by atoms with Crippen LogP contribution in [-0.2, 0) is 19.1 Å². The van der Waals surface area contributed by atoms with Crippen molar-refractivity contribution in [2.24, 2.45) is 0 Å². The Morgan fingerprint density at radius 1 is 0.966 bits per heavy atom. The number of hydrogen-bond donors (Lipinski definition) is 1. The molecule has 5 nitrogen and oxygen atoms in total. The number of rotatable bonds is 20. The molecule has 0 bridgehead atoms. The molecule has 7 heteroatoms. The number of allylic oxidation sites excluding steroid dienone is 2. The molecule has 0 aromatic carbocycles. The molecule has 0 heterocycles. The summed E-state index contributed by atoms with van der Waals surface area (Å²) in [6.45, 7) is 2.24. The van der Waals surface area contributed by atoms with Crippen LogP contribution in [0.15, 0.2) is 12.2 Å². The van der Waals surface area contributed by atoms with E-state index in [1.807, 2.05) is 0 Å². The topological polar surface area (TPSA) is 80.7 Å². The Morgan fingerprint density at radius 3 is 2.07 bits per heavy atom. The Morgan fingerprint density at radius 2 is 1.52 bits per heavy atom. The van der Waals surface area contributed by atoms with Crippen molar-refractivity contribution < 1.29 is 45.2 Å². The number of hydrogen-bond acceptors (Lipinski definition) is 5. The number of halogens is 1. The number of carboxylic acids is 1. The number of esters is 1. The first-order chi connectivity index (χ1) is 14.5. The zero-order valence-corrected chi connectivity index (χ0v) is 20.7. The summed E-state index contributed by atoms with van der Waals surface area (Å²) in [4.78, 5) is 34.4. The molecule has 0 saturated heterocycles. The summed E-state index contributed by atoms with van der Waals surface area (Å²) >= 11 is -1.12. The Labute approximate surface area is 192 Å². The Balaban J connectivity index is 3.66. The normalized spacial score (nSPS) is 12.8. The molecule has 0 radical (unpaired) electrons. The molecule has 0 fully saturated rings. The smallest absolute Gasteiger partial charge is 0.0885 e. The number of unbranched alkanes of at least 4 members (excludes halogenated alkanes) is 11. The molecule has 29 heavy (non-hydrogen) atoms. The van der Waals surface area contributed by atoms with E-state index in [1.54, 1.807) is 0 Å². The summed E-state index contributed by atoms with van der Waals surface area (Å²) in [5, 5.41) is 8.31. The van der Waals surface area contributed by atoms with Crippen molar-refractivity contribution in [3.8, 4) is 0 Å². The molecule has 0 aliphatic heterocycles. The fraction of sp³-hybridized carbons (Fsp3) is 0.773. The van der Waals surface area contributed by atoms with Crippen LogP contribution in [0.5, 0.6) is 0 Å². The molecule has 0 unspecified atom stereocenters. The third-order valence-electron chi connectivity index (χ3n) is 4.62. The third-order valence-corrected chi connectivity index (χ3v) is 6.33. The fourth-order valence-electron chi connectivity index (χ4n) is 2.94. The molecular weight excluding hydrogens is 503 g/mol. The molecule has 170 valence electrons. The summed E-state index contributed by atoms with van der Waals surface area (Å²) in [7, 11) is 0.764. The molecule has 1 N–H and O–H groups in total. The fourth-order valence-corrected chi connectivity index (χ4v) is 4.02. The zero-order chi connectivity index (χ0) is 22.5. The van der Waals surface area contributed by atoms with E-state index in [9.17, 15) is 14.4 Å². The van der Waals surface area contributed by atoms with E-state index in [2.05, 4.69) is 19.1 Å². The predicted octanol–water partition coefficient (Wildman–Crippen LogP) is 2.87. The maximum absolute atomic E-state index is 11.9. The van der Waals surface area contributed by atoms with Crippen molar-refractivity contribution in [2.45, 2.75) is 109 Å². The molecule has 0 saturated carbocycles. The molecule has 1 atom stereocenters. The average Bonchev–Trinajstić information content (AvgIpc) is 2.70. The van der Waals surface area contributed by atoms with Crippen molar-refractivity contribution in [2.75, 3.05) is 0 Å². The number of carboxylic acid groups (broad SMARTS) is 1. The van der Waals surface area contributed by atoms with Crippen LogP contribution >= 0.6 is 8.93 Å². The van der Waals surface area contributed by atoms with Crippen LogP contribution in [0.25, 0.3) is 0 Å². The summed E-state index contributed by atoms with van der Waals surface area (Å²) in [6, 6.07) is 0. The number of carbonyl (C=O) groups excluding carboxylic acids is 2. The summed E-state index contributed by atoms with van der Waals surface area (Å²) in [6.07, 6.45) is 18.2. The molecule has 0 aromatic rings. The van der Waals surface area contributed by atoms with Crippen molar-refractivity contribution in [1.82, 2.24) is 0 Å². The van der Waals surface area contributed by atoms with Gasteiger partial charge in [-0.15, -0.1) is 0 Å². The second-order valence-corrected chi connectivity index (χ2v) is 9.18. The second kappa shape index (κ2) is 20.7. The predicted molar refractivity (Wildman–Crippen MR) is 116 cm³/mol. The minimum Gasteiger partial charge on any atom is -0.0885 e. The van der Waals surface area contributed by atoms with Gasteiger partial charge in [-0.2, -0.15) is 0 Å². The third kappa shape index (κ3) is 19.2. The number of ether oxygens (including phenoxy) is 1. The van der Waals surface area contributed by atoms with Gasteiger partial charge in [0.2, 0.25) is 0 Å². The van der Waals surface area contributed by atoms with Crippen molar-refractivity contribution in [3.05, 3.63) is 12.2 Å². The van der Waals surface area contributed by atoms with E-state index in [0.717, 1.165) is 41.0 Å². The second-order valence-electron chi connectivity index (χ2n) is 7.31. The number of aliphatic carboxylic acids is 1. The van der Waals surface area contributed by atoms with Gasteiger partial charge in [-0.05, 0) is 12.8 Å². The molecule has 0 aliphatic rings. The van der Waals surface area contributed by atoms with Gasteiger partial charge in [0.25, 0.3) is 0 Å². The van der Waals surface area contributed by atoms with Crippen LogP contribution in [0.1, 0.15) is 103 Å². The standard InChI is InChI=1S/C22H38IO5S/c1-2-3-4-5-6-7-8-9-10-11-12-13-14-15-16-17-21(26)28-19(18-20(24)25)22(27)29-23/h9-10,19,23H,2-8,11-18H2,1H3,(H,24,25)/q-1/b10-9+/t19-/m0/s1/i23T. The summed E-state index contributed by atoms with van der Waals surface area (Å²) < 4.78 is 12.2. The minimum atomic E-state index is -1.27. The van der Waals surface area contributed by atoms with Gasteiger partial charge in [0.15, 0.2) is 0 Å². The van der Waals surface area contributed by atoms with Crippen LogP contribution < -0.4 is 21.0 Å². The Hall–Kier alpha value is -0.570. The van der Waals surface area contributed by atoms with Crippen LogP contribution in [-0.4, -0.2) is 28.9 Å². The van der Waals surface area contributed by atoms with Crippen molar-refractivity contribution in [3.63, 3.8) is 0 Å². The Bertz CT molecular complexity index is 502. The van der Waals surface area contributed by atoms with E-state index in [-0.39, 0.29) is 6.42 Å². The van der Waals surface area contributed by atoms with Gasteiger partial charge in [-0.25, -0.2) is 0 Å². The van der Waals surface area contributed by atoms with Gasteiger partial charge in [-0.3, -0.25) is 0 Å². The van der Waals surface area contributed by atoms with E-state index in [4.69, 9.17) is 10.4 Å². The van der Waals surface area contributed by atoms with E-state index in [1.165, 1.54) is 44.9 Å². The van der Waals surface area contributed by atoms with Crippen molar-refractivity contribution in [1.29, 1.82) is 0.594 Å². The molecule has 0 rings (SSSR count). The quantitative estimate of drug-likeness (QED) is 0.110. The minimum absolute atomic E-state index is 0.197. The first kappa shape index (κ1) is 26.5. The molecule has 0 aliphatic carbocycles. The van der Waals surface area contributed by atoms with Crippen LogP contribution in [0, 0.1) is 0 Å².